The van der Waals surface area contributed by atoms with Gasteiger partial charge in [-0.1, -0.05) is 53.5 Å². The molecule has 2 atom stereocenters. The number of aliphatic carboxylic acids is 1. The summed E-state index contributed by atoms with van der Waals surface area (Å²) in [4.78, 5) is 9.00. The molecule has 0 saturated heterocycles. The second kappa shape index (κ2) is 8.52. The number of carboxylic acid groups (broad SMARTS) is 1. The summed E-state index contributed by atoms with van der Waals surface area (Å²) in [5.41, 5.74) is 4.05. The van der Waals surface area contributed by atoms with Crippen LogP contribution in [0.5, 0.6) is 0 Å². The average Bonchev–Trinajstić information content (AvgIpc) is 2.56. The lowest BCUT2D eigenvalue weighted by molar-refractivity contribution is -0.134. The van der Waals surface area contributed by atoms with Crippen molar-refractivity contribution in [2.45, 2.75) is 31.7 Å². The monoisotopic (exact) mass is 365 g/mol. The zero-order chi connectivity index (χ0) is 17.7. The van der Waals surface area contributed by atoms with Crippen LogP contribution in [-0.4, -0.2) is 18.1 Å². The maximum atomic E-state index is 9.00. The molecule has 3 nitrogen and oxygen atoms in total. The van der Waals surface area contributed by atoms with E-state index in [4.69, 9.17) is 33.1 Å². The van der Waals surface area contributed by atoms with Crippen molar-refractivity contribution in [1.82, 2.24) is 5.32 Å². The molecule has 0 bridgehead atoms. The molecule has 2 aromatic carbocycles. The second-order valence-electron chi connectivity index (χ2n) is 5.79. The summed E-state index contributed by atoms with van der Waals surface area (Å²) >= 11 is 12.2. The molecule has 3 rings (SSSR count). The Labute approximate surface area is 152 Å². The number of fused-ring (bicyclic) bond motifs is 1. The van der Waals surface area contributed by atoms with Gasteiger partial charge in [0.1, 0.15) is 0 Å². The summed E-state index contributed by atoms with van der Waals surface area (Å²) in [5, 5.41) is 12.1. The second-order valence-corrected chi connectivity index (χ2v) is 6.61. The van der Waals surface area contributed by atoms with Crippen molar-refractivity contribution in [2.24, 2.45) is 0 Å². The van der Waals surface area contributed by atoms with Crippen LogP contribution in [0, 0.1) is 0 Å². The predicted molar refractivity (Wildman–Crippen MR) is 99.1 cm³/mol. The van der Waals surface area contributed by atoms with Crippen molar-refractivity contribution in [2.75, 3.05) is 7.05 Å². The minimum atomic E-state index is -0.833. The molecular weight excluding hydrogens is 345 g/mol. The van der Waals surface area contributed by atoms with E-state index in [0.29, 0.717) is 22.0 Å². The standard InChI is InChI=1S/C17H17Cl2N.C2H4O2/c1-20-17-9-7-12(13-4-2-3-5-14(13)17)11-6-8-15(18)16(19)10-11;1-2(3)4/h2-6,8,10,12,17,20H,7,9H2,1H3;1H3,(H,3,4)/t12-,17-;/m0./s1. The predicted octanol–water partition coefficient (Wildman–Crippen LogP) is 5.27. The molecule has 0 amide bonds. The van der Waals surface area contributed by atoms with Crippen LogP contribution in [0.1, 0.15) is 48.4 Å². The average molecular weight is 366 g/mol. The minimum Gasteiger partial charge on any atom is -0.481 e. The Morgan fingerprint density at radius 3 is 2.29 bits per heavy atom. The molecule has 1 aliphatic carbocycles. The number of hydrogen-bond acceptors (Lipinski definition) is 2. The minimum absolute atomic E-state index is 0.408. The lowest BCUT2D eigenvalue weighted by Gasteiger charge is -2.32. The summed E-state index contributed by atoms with van der Waals surface area (Å²) in [7, 11) is 2.03. The van der Waals surface area contributed by atoms with Crippen molar-refractivity contribution < 1.29 is 9.90 Å². The first-order valence-electron chi connectivity index (χ1n) is 7.84. The largest absolute Gasteiger partial charge is 0.481 e. The van der Waals surface area contributed by atoms with Crippen LogP contribution in [-0.2, 0) is 4.79 Å². The Morgan fingerprint density at radius 1 is 1.08 bits per heavy atom. The molecule has 0 heterocycles. The molecule has 0 saturated carbocycles. The third-order valence-electron chi connectivity index (χ3n) is 4.19. The van der Waals surface area contributed by atoms with Gasteiger partial charge in [-0.25, -0.2) is 0 Å². The molecule has 24 heavy (non-hydrogen) atoms. The van der Waals surface area contributed by atoms with Crippen molar-refractivity contribution in [1.29, 1.82) is 0 Å². The fourth-order valence-corrected chi connectivity index (χ4v) is 3.47. The van der Waals surface area contributed by atoms with Gasteiger partial charge in [0.2, 0.25) is 0 Å². The van der Waals surface area contributed by atoms with E-state index in [-0.39, 0.29) is 0 Å². The highest BCUT2D eigenvalue weighted by Gasteiger charge is 2.27. The van der Waals surface area contributed by atoms with Gasteiger partial charge in [0.05, 0.1) is 10.0 Å². The third kappa shape index (κ3) is 4.50. The van der Waals surface area contributed by atoms with Crippen molar-refractivity contribution in [3.8, 4) is 0 Å². The summed E-state index contributed by atoms with van der Waals surface area (Å²) in [6, 6.07) is 15.1. The first kappa shape index (κ1) is 18.8. The zero-order valence-corrected chi connectivity index (χ0v) is 15.2. The van der Waals surface area contributed by atoms with E-state index in [1.165, 1.54) is 16.7 Å². The van der Waals surface area contributed by atoms with Crippen LogP contribution >= 0.6 is 23.2 Å². The molecule has 0 aliphatic heterocycles. The van der Waals surface area contributed by atoms with Gasteiger partial charge < -0.3 is 10.4 Å². The van der Waals surface area contributed by atoms with Crippen LogP contribution in [0.2, 0.25) is 10.0 Å². The van der Waals surface area contributed by atoms with Crippen molar-refractivity contribution >= 4 is 29.2 Å². The molecule has 2 N–H and O–H groups in total. The van der Waals surface area contributed by atoms with E-state index in [9.17, 15) is 0 Å². The molecule has 0 aromatic heterocycles. The van der Waals surface area contributed by atoms with Crippen LogP contribution in [0.3, 0.4) is 0 Å². The van der Waals surface area contributed by atoms with Crippen LogP contribution in [0.25, 0.3) is 0 Å². The van der Waals surface area contributed by atoms with E-state index in [2.05, 4.69) is 35.6 Å². The van der Waals surface area contributed by atoms with E-state index >= 15 is 0 Å². The molecule has 2 aromatic rings. The first-order valence-corrected chi connectivity index (χ1v) is 8.60. The summed E-state index contributed by atoms with van der Waals surface area (Å²) in [6.45, 7) is 1.08. The smallest absolute Gasteiger partial charge is 0.300 e. The van der Waals surface area contributed by atoms with Gasteiger partial charge in [0.25, 0.3) is 5.97 Å². The molecule has 5 heteroatoms. The van der Waals surface area contributed by atoms with Gasteiger partial charge in [-0.15, -0.1) is 0 Å². The van der Waals surface area contributed by atoms with E-state index in [1.54, 1.807) is 0 Å². The molecule has 0 unspecified atom stereocenters. The van der Waals surface area contributed by atoms with Crippen molar-refractivity contribution in [3.05, 3.63) is 69.2 Å². The highest BCUT2D eigenvalue weighted by atomic mass is 35.5. The molecule has 1 aliphatic rings. The number of benzene rings is 2. The molecule has 0 radical (unpaired) electrons. The summed E-state index contributed by atoms with van der Waals surface area (Å²) < 4.78 is 0. The fraction of sp³-hybridized carbons (Fsp3) is 0.316. The zero-order valence-electron chi connectivity index (χ0n) is 13.7. The van der Waals surface area contributed by atoms with Gasteiger partial charge in [0.15, 0.2) is 0 Å². The lowest BCUT2D eigenvalue weighted by Crippen LogP contribution is -2.24. The Morgan fingerprint density at radius 2 is 1.71 bits per heavy atom. The molecule has 0 fully saturated rings. The first-order chi connectivity index (χ1) is 11.4. The Balaban J connectivity index is 0.000000471. The number of rotatable bonds is 2. The number of nitrogens with one attached hydrogen (secondary N) is 1. The van der Waals surface area contributed by atoms with Crippen LogP contribution in [0.4, 0.5) is 0 Å². The van der Waals surface area contributed by atoms with Gasteiger partial charge in [-0.3, -0.25) is 4.79 Å². The Bertz CT molecular complexity index is 714. The normalized spacial score (nSPS) is 19.0. The third-order valence-corrected chi connectivity index (χ3v) is 4.92. The summed E-state index contributed by atoms with van der Waals surface area (Å²) in [6.07, 6.45) is 2.26. The van der Waals surface area contributed by atoms with Crippen molar-refractivity contribution in [3.63, 3.8) is 0 Å². The SMILES string of the molecule is CC(=O)O.CN[C@H]1CC[C@@H](c2ccc(Cl)c(Cl)c2)c2ccccc21. The van der Waals surface area contributed by atoms with E-state index < -0.39 is 5.97 Å². The van der Waals surface area contributed by atoms with Gasteiger partial charge >= 0.3 is 0 Å². The quantitative estimate of drug-likeness (QED) is 0.761. The molecular formula is C19H21Cl2NO2. The van der Waals surface area contributed by atoms with E-state index in [1.807, 2.05) is 19.2 Å². The highest BCUT2D eigenvalue weighted by molar-refractivity contribution is 6.42. The number of halogens is 2. The number of carbonyl (C=O) groups is 1. The maximum absolute atomic E-state index is 9.00. The summed E-state index contributed by atoms with van der Waals surface area (Å²) in [5.74, 6) is -0.425. The fourth-order valence-electron chi connectivity index (χ4n) is 3.17. The number of hydrogen-bond donors (Lipinski definition) is 2. The van der Waals surface area contributed by atoms with E-state index in [0.717, 1.165) is 19.8 Å². The maximum Gasteiger partial charge on any atom is 0.300 e. The molecule has 128 valence electrons. The highest BCUT2D eigenvalue weighted by Crippen LogP contribution is 2.42. The lowest BCUT2D eigenvalue weighted by atomic mass is 9.77. The van der Waals surface area contributed by atoms with Gasteiger partial charge in [0, 0.05) is 18.9 Å². The van der Waals surface area contributed by atoms with Gasteiger partial charge in [-0.2, -0.15) is 0 Å². The van der Waals surface area contributed by atoms with Crippen LogP contribution < -0.4 is 5.32 Å². The van der Waals surface area contributed by atoms with Crippen LogP contribution in [0.15, 0.2) is 42.5 Å². The topological polar surface area (TPSA) is 49.3 Å². The Hall–Kier alpha value is -1.55. The van der Waals surface area contributed by atoms with Gasteiger partial charge in [-0.05, 0) is 48.7 Å². The molecule has 0 spiro atoms. The Kier molecular flexibility index (Phi) is 6.67. The number of carboxylic acids is 1.